The highest BCUT2D eigenvalue weighted by atomic mass is 35.5. The second kappa shape index (κ2) is 8.48. The third-order valence-corrected chi connectivity index (χ3v) is 7.04. The summed E-state index contributed by atoms with van der Waals surface area (Å²) in [5.74, 6) is -0.610. The van der Waals surface area contributed by atoms with Crippen molar-refractivity contribution in [2.24, 2.45) is 0 Å². The monoisotopic (exact) mass is 478 g/mol. The lowest BCUT2D eigenvalue weighted by Gasteiger charge is -2.10. The number of halogens is 1. The van der Waals surface area contributed by atoms with Crippen molar-refractivity contribution in [3.05, 3.63) is 54.7 Å². The van der Waals surface area contributed by atoms with Crippen LogP contribution in [0.1, 0.15) is 40.4 Å². The van der Waals surface area contributed by atoms with Gasteiger partial charge in [0.05, 0.1) is 16.5 Å². The van der Waals surface area contributed by atoms with Crippen molar-refractivity contribution in [1.82, 2.24) is 19.7 Å². The summed E-state index contributed by atoms with van der Waals surface area (Å²) in [6, 6.07) is 3.80. The van der Waals surface area contributed by atoms with Crippen LogP contribution in [0.4, 0.5) is 16.6 Å². The number of aromatic amines is 1. The van der Waals surface area contributed by atoms with E-state index in [4.69, 9.17) is 17.3 Å². The predicted molar refractivity (Wildman–Crippen MR) is 123 cm³/mol. The maximum atomic E-state index is 12.7. The zero-order chi connectivity index (χ0) is 22.3. The number of nitrogens with one attached hydrogen (secondary N) is 2. The molecule has 0 unspecified atom stereocenters. The third kappa shape index (κ3) is 4.53. The Kier molecular flexibility index (Phi) is 5.91. The quantitative estimate of drug-likeness (QED) is 0.347. The van der Waals surface area contributed by atoms with Gasteiger partial charge in [0.2, 0.25) is 5.13 Å². The van der Waals surface area contributed by atoms with E-state index < -0.39 is 17.0 Å². The number of thioether (sulfide) groups is 1. The first-order chi connectivity index (χ1) is 14.7. The maximum absolute atomic E-state index is 12.7. The molecule has 4 rings (SSSR count). The number of rotatable bonds is 7. The van der Waals surface area contributed by atoms with Crippen LogP contribution in [0.15, 0.2) is 26.1 Å². The van der Waals surface area contributed by atoms with Crippen LogP contribution in [0, 0.1) is 13.8 Å². The SMILES string of the molecule is Cc1cc(C)c(Nc2nnc(SCC(=O)c3c(N)n(C4CC4)c(=O)[nH]c3=O)s2)c(Cl)c1. The number of aromatic nitrogens is 4. The number of carbonyl (C=O) groups is 1. The zero-order valence-corrected chi connectivity index (χ0v) is 19.1. The van der Waals surface area contributed by atoms with Gasteiger partial charge >= 0.3 is 5.69 Å². The van der Waals surface area contributed by atoms with Crippen molar-refractivity contribution < 1.29 is 4.79 Å². The molecule has 31 heavy (non-hydrogen) atoms. The van der Waals surface area contributed by atoms with E-state index >= 15 is 0 Å². The van der Waals surface area contributed by atoms with Crippen LogP contribution < -0.4 is 22.3 Å². The van der Waals surface area contributed by atoms with E-state index in [1.807, 2.05) is 26.0 Å². The number of aryl methyl sites for hydroxylation is 2. The van der Waals surface area contributed by atoms with Crippen molar-refractivity contribution in [2.75, 3.05) is 16.8 Å². The average molecular weight is 479 g/mol. The molecule has 0 saturated heterocycles. The number of benzene rings is 1. The first kappa shape index (κ1) is 21.6. The summed E-state index contributed by atoms with van der Waals surface area (Å²) in [4.78, 5) is 39.0. The number of nitrogens with zero attached hydrogens (tertiary/aromatic N) is 3. The van der Waals surface area contributed by atoms with E-state index in [0.717, 1.165) is 41.4 Å². The standard InChI is InChI=1S/C19H19ClN6O3S2/c1-8-5-9(2)14(11(20)6-8)22-17-24-25-19(31-17)30-7-12(27)13-15(21)26(10-3-4-10)18(29)23-16(13)28/h5-6,10H,3-4,7,21H2,1-2H3,(H,22,24)(H,23,28,29). The van der Waals surface area contributed by atoms with Crippen molar-refractivity contribution in [3.63, 3.8) is 0 Å². The highest BCUT2D eigenvalue weighted by Crippen LogP contribution is 2.36. The molecule has 0 atom stereocenters. The highest BCUT2D eigenvalue weighted by Gasteiger charge is 2.30. The summed E-state index contributed by atoms with van der Waals surface area (Å²) in [5, 5.41) is 12.4. The van der Waals surface area contributed by atoms with Crippen molar-refractivity contribution >= 4 is 57.1 Å². The summed E-state index contributed by atoms with van der Waals surface area (Å²) >= 11 is 8.72. The fraction of sp³-hybridized carbons (Fsp3) is 0.316. The summed E-state index contributed by atoms with van der Waals surface area (Å²) in [7, 11) is 0. The molecule has 0 spiro atoms. The first-order valence-corrected chi connectivity index (χ1v) is 11.6. The van der Waals surface area contributed by atoms with Crippen LogP contribution in [-0.4, -0.2) is 31.3 Å². The molecule has 1 aromatic carbocycles. The number of carbonyl (C=O) groups excluding carboxylic acids is 1. The summed E-state index contributed by atoms with van der Waals surface area (Å²) in [6.45, 7) is 3.91. The number of Topliss-reactive ketones (excluding diaryl/α,β-unsaturated/α-hetero) is 1. The minimum absolute atomic E-state index is 0.0580. The van der Waals surface area contributed by atoms with E-state index in [1.165, 1.54) is 15.9 Å². The predicted octanol–water partition coefficient (Wildman–Crippen LogP) is 3.29. The summed E-state index contributed by atoms with van der Waals surface area (Å²) < 4.78 is 1.84. The molecule has 1 fully saturated rings. The van der Waals surface area contributed by atoms with Gasteiger partial charge in [-0.05, 0) is 43.9 Å². The van der Waals surface area contributed by atoms with E-state index in [-0.39, 0.29) is 23.2 Å². The molecule has 0 amide bonds. The van der Waals surface area contributed by atoms with Gasteiger partial charge in [-0.25, -0.2) is 4.79 Å². The molecular weight excluding hydrogens is 460 g/mol. The van der Waals surface area contributed by atoms with Crippen LogP contribution in [-0.2, 0) is 0 Å². The Balaban J connectivity index is 1.47. The normalized spacial score (nSPS) is 13.4. The summed E-state index contributed by atoms with van der Waals surface area (Å²) in [6.07, 6.45) is 1.59. The zero-order valence-electron chi connectivity index (χ0n) is 16.7. The number of H-pyrrole nitrogens is 1. The second-order valence-corrected chi connectivity index (χ2v) is 9.88. The third-order valence-electron chi connectivity index (χ3n) is 4.77. The lowest BCUT2D eigenvalue weighted by molar-refractivity contribution is 0.102. The molecule has 0 aliphatic heterocycles. The van der Waals surface area contributed by atoms with E-state index in [2.05, 4.69) is 20.5 Å². The fourth-order valence-electron chi connectivity index (χ4n) is 3.23. The van der Waals surface area contributed by atoms with Gasteiger partial charge in [0.15, 0.2) is 10.1 Å². The second-order valence-electron chi connectivity index (χ2n) is 7.27. The van der Waals surface area contributed by atoms with E-state index in [9.17, 15) is 14.4 Å². The van der Waals surface area contributed by atoms with E-state index in [0.29, 0.717) is 14.5 Å². The van der Waals surface area contributed by atoms with Crippen LogP contribution in [0.5, 0.6) is 0 Å². The number of nitrogen functional groups attached to an aromatic ring is 1. The molecule has 162 valence electrons. The van der Waals surface area contributed by atoms with Crippen LogP contribution in [0.25, 0.3) is 0 Å². The van der Waals surface area contributed by atoms with Gasteiger partial charge in [-0.1, -0.05) is 40.8 Å². The Labute approximate surface area is 190 Å². The molecule has 1 aliphatic carbocycles. The molecule has 3 aromatic rings. The van der Waals surface area contributed by atoms with Gasteiger partial charge in [0.25, 0.3) is 5.56 Å². The largest absolute Gasteiger partial charge is 0.384 e. The number of hydrogen-bond acceptors (Lipinski definition) is 9. The molecule has 1 saturated carbocycles. The molecule has 1 aliphatic rings. The Bertz CT molecular complexity index is 1270. The van der Waals surface area contributed by atoms with Gasteiger partial charge in [-0.2, -0.15) is 0 Å². The molecular formula is C19H19ClN6O3S2. The van der Waals surface area contributed by atoms with Gasteiger partial charge in [0.1, 0.15) is 11.4 Å². The molecule has 9 nitrogen and oxygen atoms in total. The number of ketones is 1. The smallest absolute Gasteiger partial charge is 0.330 e. The molecule has 2 aromatic heterocycles. The van der Waals surface area contributed by atoms with Crippen molar-refractivity contribution in [1.29, 1.82) is 0 Å². The number of nitrogens with two attached hydrogens (primary N) is 1. The minimum atomic E-state index is -0.769. The first-order valence-electron chi connectivity index (χ1n) is 9.42. The molecule has 2 heterocycles. The Morgan fingerprint density at radius 1 is 1.35 bits per heavy atom. The molecule has 4 N–H and O–H groups in total. The Hall–Kier alpha value is -2.63. The Morgan fingerprint density at radius 3 is 2.77 bits per heavy atom. The number of hydrogen-bond donors (Lipinski definition) is 3. The van der Waals surface area contributed by atoms with Crippen molar-refractivity contribution in [2.45, 2.75) is 37.1 Å². The maximum Gasteiger partial charge on any atom is 0.330 e. The van der Waals surface area contributed by atoms with Gasteiger partial charge < -0.3 is 11.1 Å². The fourth-order valence-corrected chi connectivity index (χ4v) is 5.23. The lowest BCUT2D eigenvalue weighted by atomic mass is 10.1. The molecule has 0 bridgehead atoms. The van der Waals surface area contributed by atoms with Crippen LogP contribution in [0.3, 0.4) is 0 Å². The van der Waals surface area contributed by atoms with Crippen molar-refractivity contribution in [3.8, 4) is 0 Å². The molecule has 12 heteroatoms. The Morgan fingerprint density at radius 2 is 2.10 bits per heavy atom. The number of anilines is 3. The minimum Gasteiger partial charge on any atom is -0.384 e. The summed E-state index contributed by atoms with van der Waals surface area (Å²) in [5.41, 5.74) is 7.23. The van der Waals surface area contributed by atoms with Gasteiger partial charge in [-0.3, -0.25) is 19.1 Å². The lowest BCUT2D eigenvalue weighted by Crippen LogP contribution is -2.36. The van der Waals surface area contributed by atoms with E-state index in [1.54, 1.807) is 0 Å². The van der Waals surface area contributed by atoms with Gasteiger partial charge in [0, 0.05) is 6.04 Å². The average Bonchev–Trinajstić information content (AvgIpc) is 3.40. The highest BCUT2D eigenvalue weighted by molar-refractivity contribution is 8.01. The molecule has 0 radical (unpaired) electrons. The van der Waals surface area contributed by atoms with Crippen LogP contribution >= 0.6 is 34.7 Å². The van der Waals surface area contributed by atoms with Gasteiger partial charge in [-0.15, -0.1) is 10.2 Å². The van der Waals surface area contributed by atoms with Crippen LogP contribution in [0.2, 0.25) is 5.02 Å². The topological polar surface area (TPSA) is 136 Å².